The maximum absolute atomic E-state index is 12.1. The third-order valence-electron chi connectivity index (χ3n) is 4.61. The van der Waals surface area contributed by atoms with Gasteiger partial charge in [-0.2, -0.15) is 0 Å². The van der Waals surface area contributed by atoms with Gasteiger partial charge >= 0.3 is 11.9 Å². The number of rotatable bonds is 6. The van der Waals surface area contributed by atoms with E-state index in [4.69, 9.17) is 9.47 Å². The van der Waals surface area contributed by atoms with E-state index in [2.05, 4.69) is 0 Å². The molecule has 130 valence electrons. The Morgan fingerprint density at radius 3 is 2.21 bits per heavy atom. The van der Waals surface area contributed by atoms with E-state index in [1.807, 2.05) is 12.1 Å². The van der Waals surface area contributed by atoms with Gasteiger partial charge in [0.1, 0.15) is 12.2 Å². The molecule has 1 fully saturated rings. The lowest BCUT2D eigenvalue weighted by Crippen LogP contribution is -2.24. The quantitative estimate of drug-likeness (QED) is 0.591. The number of methoxy groups -OCH3 is 1. The number of hydrogen-bond donors (Lipinski definition) is 0. The van der Waals surface area contributed by atoms with Crippen molar-refractivity contribution in [2.24, 2.45) is 5.92 Å². The van der Waals surface area contributed by atoms with Gasteiger partial charge in [-0.05, 0) is 56.2 Å². The molecule has 0 N–H and O–H groups in total. The highest BCUT2D eigenvalue weighted by Gasteiger charge is 2.28. The number of ether oxygens (including phenoxy) is 2. The van der Waals surface area contributed by atoms with Crippen molar-refractivity contribution in [3.8, 4) is 0 Å². The Hall–Kier alpha value is -2.17. The van der Waals surface area contributed by atoms with E-state index in [1.54, 1.807) is 19.1 Å². The first-order valence-corrected chi connectivity index (χ1v) is 8.41. The predicted octanol–water partition coefficient (Wildman–Crippen LogP) is 3.27. The highest BCUT2D eigenvalue weighted by atomic mass is 16.5. The second-order valence-electron chi connectivity index (χ2n) is 6.11. The zero-order valence-electron chi connectivity index (χ0n) is 14.2. The summed E-state index contributed by atoms with van der Waals surface area (Å²) in [6.07, 6.45) is 3.30. The maximum atomic E-state index is 12.1. The molecule has 1 aliphatic rings. The van der Waals surface area contributed by atoms with Crippen LogP contribution in [0.1, 0.15) is 60.9 Å². The molecule has 5 nitrogen and oxygen atoms in total. The zero-order chi connectivity index (χ0) is 17.5. The summed E-state index contributed by atoms with van der Waals surface area (Å²) in [6, 6.07) is 7.47. The summed E-state index contributed by atoms with van der Waals surface area (Å²) in [5.41, 5.74) is 1.72. The topological polar surface area (TPSA) is 69.7 Å². The number of carbonyl (C=O) groups is 3. The Balaban J connectivity index is 1.87. The summed E-state index contributed by atoms with van der Waals surface area (Å²) in [4.78, 5) is 35.0. The lowest BCUT2D eigenvalue weighted by atomic mass is 9.76. The fourth-order valence-corrected chi connectivity index (χ4v) is 3.26. The van der Waals surface area contributed by atoms with E-state index >= 15 is 0 Å². The van der Waals surface area contributed by atoms with Crippen LogP contribution in [0.3, 0.4) is 0 Å². The molecule has 1 aliphatic carbocycles. The van der Waals surface area contributed by atoms with Crippen molar-refractivity contribution in [2.45, 2.75) is 44.9 Å². The summed E-state index contributed by atoms with van der Waals surface area (Å²) in [5.74, 6) is -0.422. The van der Waals surface area contributed by atoms with Crippen molar-refractivity contribution in [1.29, 1.82) is 0 Å². The molecule has 0 saturated heterocycles. The second-order valence-corrected chi connectivity index (χ2v) is 6.11. The van der Waals surface area contributed by atoms with Crippen molar-refractivity contribution in [1.82, 2.24) is 0 Å². The largest absolute Gasteiger partial charge is 0.466 e. The van der Waals surface area contributed by atoms with Crippen LogP contribution in [0.5, 0.6) is 0 Å². The number of ketones is 1. The van der Waals surface area contributed by atoms with E-state index in [1.165, 1.54) is 12.7 Å². The number of carbonyl (C=O) groups excluding carboxylic acids is 3. The Bertz CT molecular complexity index is 582. The van der Waals surface area contributed by atoms with Gasteiger partial charge in [0.25, 0.3) is 0 Å². The SMILES string of the molecule is CCOC(=O)CC(=O)C1CCC(c2ccc(C(=O)OC)cc2)CC1. The van der Waals surface area contributed by atoms with Gasteiger partial charge < -0.3 is 9.47 Å². The van der Waals surface area contributed by atoms with Crippen molar-refractivity contribution in [3.05, 3.63) is 35.4 Å². The first kappa shape index (κ1) is 18.2. The van der Waals surface area contributed by atoms with Gasteiger partial charge in [-0.15, -0.1) is 0 Å². The average molecular weight is 332 g/mol. The lowest BCUT2D eigenvalue weighted by Gasteiger charge is -2.28. The van der Waals surface area contributed by atoms with Crippen molar-refractivity contribution >= 4 is 17.7 Å². The van der Waals surface area contributed by atoms with Crippen molar-refractivity contribution < 1.29 is 23.9 Å². The number of hydrogen-bond acceptors (Lipinski definition) is 5. The molecule has 5 heteroatoms. The average Bonchev–Trinajstić information content (AvgIpc) is 2.61. The first-order chi connectivity index (χ1) is 11.5. The number of Topliss-reactive ketones (excluding diaryl/α,β-unsaturated/α-hetero) is 1. The van der Waals surface area contributed by atoms with Gasteiger partial charge in [0.2, 0.25) is 0 Å². The summed E-state index contributed by atoms with van der Waals surface area (Å²) in [7, 11) is 1.37. The number of benzene rings is 1. The lowest BCUT2D eigenvalue weighted by molar-refractivity contribution is -0.146. The van der Waals surface area contributed by atoms with Crippen LogP contribution in [0.25, 0.3) is 0 Å². The molecule has 1 aromatic carbocycles. The Kier molecular flexibility index (Phi) is 6.53. The summed E-state index contributed by atoms with van der Waals surface area (Å²) in [5, 5.41) is 0. The second kappa shape index (κ2) is 8.62. The molecule has 0 spiro atoms. The molecule has 0 radical (unpaired) electrons. The van der Waals surface area contributed by atoms with Crippen LogP contribution in [0, 0.1) is 5.92 Å². The Morgan fingerprint density at radius 2 is 1.67 bits per heavy atom. The van der Waals surface area contributed by atoms with E-state index in [0.29, 0.717) is 18.1 Å². The summed E-state index contributed by atoms with van der Waals surface area (Å²) >= 11 is 0. The number of esters is 2. The van der Waals surface area contributed by atoms with Crippen LogP contribution < -0.4 is 0 Å². The van der Waals surface area contributed by atoms with Crippen LogP contribution in [-0.4, -0.2) is 31.4 Å². The minimum absolute atomic E-state index is 0.00654. The van der Waals surface area contributed by atoms with Crippen LogP contribution >= 0.6 is 0 Å². The van der Waals surface area contributed by atoms with E-state index in [0.717, 1.165) is 25.7 Å². The molecular weight excluding hydrogens is 308 g/mol. The zero-order valence-corrected chi connectivity index (χ0v) is 14.2. The third kappa shape index (κ3) is 4.66. The van der Waals surface area contributed by atoms with Crippen LogP contribution in [-0.2, 0) is 19.1 Å². The summed E-state index contributed by atoms with van der Waals surface area (Å²) < 4.78 is 9.53. The highest BCUT2D eigenvalue weighted by molar-refractivity contribution is 5.96. The molecule has 0 unspecified atom stereocenters. The molecule has 0 aromatic heterocycles. The molecule has 0 aliphatic heterocycles. The summed E-state index contributed by atoms with van der Waals surface area (Å²) in [6.45, 7) is 2.04. The monoisotopic (exact) mass is 332 g/mol. The van der Waals surface area contributed by atoms with Crippen LogP contribution in [0.2, 0.25) is 0 Å². The third-order valence-corrected chi connectivity index (χ3v) is 4.61. The van der Waals surface area contributed by atoms with Gasteiger partial charge in [0.05, 0.1) is 19.3 Å². The Morgan fingerprint density at radius 1 is 1.04 bits per heavy atom. The minimum atomic E-state index is -0.428. The molecule has 0 bridgehead atoms. The standard InChI is InChI=1S/C19H24O5/c1-3-24-18(21)12-17(20)15-8-4-13(5-9-15)14-6-10-16(11-7-14)19(22)23-2/h6-7,10-11,13,15H,3-5,8-9,12H2,1-2H3. The molecule has 2 rings (SSSR count). The molecule has 1 aromatic rings. The highest BCUT2D eigenvalue weighted by Crippen LogP contribution is 2.36. The van der Waals surface area contributed by atoms with Crippen LogP contribution in [0.4, 0.5) is 0 Å². The van der Waals surface area contributed by atoms with Crippen molar-refractivity contribution in [2.75, 3.05) is 13.7 Å². The van der Waals surface area contributed by atoms with Gasteiger partial charge in [-0.25, -0.2) is 4.79 Å². The predicted molar refractivity (Wildman–Crippen MR) is 88.7 cm³/mol. The van der Waals surface area contributed by atoms with E-state index in [9.17, 15) is 14.4 Å². The fourth-order valence-electron chi connectivity index (χ4n) is 3.26. The maximum Gasteiger partial charge on any atom is 0.337 e. The van der Waals surface area contributed by atoms with Crippen LogP contribution in [0.15, 0.2) is 24.3 Å². The van der Waals surface area contributed by atoms with Gasteiger partial charge in [-0.3, -0.25) is 9.59 Å². The fraction of sp³-hybridized carbons (Fsp3) is 0.526. The van der Waals surface area contributed by atoms with Crippen molar-refractivity contribution in [3.63, 3.8) is 0 Å². The normalized spacial score (nSPS) is 20.2. The van der Waals surface area contributed by atoms with E-state index < -0.39 is 5.97 Å². The van der Waals surface area contributed by atoms with Gasteiger partial charge in [-0.1, -0.05) is 12.1 Å². The molecule has 24 heavy (non-hydrogen) atoms. The molecule has 0 amide bonds. The first-order valence-electron chi connectivity index (χ1n) is 8.41. The molecule has 1 saturated carbocycles. The smallest absolute Gasteiger partial charge is 0.337 e. The Labute approximate surface area is 142 Å². The molecule has 0 atom stereocenters. The molecular formula is C19H24O5. The minimum Gasteiger partial charge on any atom is -0.466 e. The van der Waals surface area contributed by atoms with Gasteiger partial charge in [0.15, 0.2) is 0 Å². The van der Waals surface area contributed by atoms with Gasteiger partial charge in [0, 0.05) is 5.92 Å². The molecule has 0 heterocycles. The van der Waals surface area contributed by atoms with E-state index in [-0.39, 0.29) is 24.1 Å².